The number of Topliss-reactive ketones (excluding diaryl/α,β-unsaturated/α-hetero) is 1. The molecule has 0 fully saturated rings. The topological polar surface area (TPSA) is 114 Å². The molecule has 2 atom stereocenters. The van der Waals surface area contributed by atoms with Crippen LogP contribution in [0, 0.1) is 12.3 Å². The number of fused-ring (bicyclic) bond motifs is 1. The molecule has 0 saturated carbocycles. The number of hydrogen-bond donors (Lipinski definition) is 1. The molecule has 1 unspecified atom stereocenters. The summed E-state index contributed by atoms with van der Waals surface area (Å²) in [6.07, 6.45) is 2.67. The number of rotatable bonds is 9. The molecule has 3 heterocycles. The number of carboxylic acid groups (broad SMARTS) is 1. The van der Waals surface area contributed by atoms with Gasteiger partial charge in [0, 0.05) is 23.5 Å². The highest BCUT2D eigenvalue weighted by Crippen LogP contribution is 2.44. The third kappa shape index (κ3) is 5.78. The summed E-state index contributed by atoms with van der Waals surface area (Å²) < 4.78 is 34.9. The third-order valence-corrected chi connectivity index (χ3v) is 10.3. The summed E-state index contributed by atoms with van der Waals surface area (Å²) in [4.78, 5) is 29.9. The maximum atomic E-state index is 13.7. The standard InChI is InChI=1S/C29H34N2O6S2/c1-6-8-22-17-31(39(35,36)25-9-7-14-30-27(25)37-22)16-21-15-20(11-10-18(21)2)26(29(4,5)28(33)34)24-13-12-23(38-24)19(3)32/h7,9-15,22,26H,6,8,16-17H2,1-5H3,(H,33,34)/t22-,26?/m1/s1. The largest absolute Gasteiger partial charge is 0.481 e. The van der Waals surface area contributed by atoms with Gasteiger partial charge < -0.3 is 9.84 Å². The Hall–Kier alpha value is -3.08. The average Bonchev–Trinajstić information content (AvgIpc) is 3.32. The van der Waals surface area contributed by atoms with Crippen LogP contribution in [0.25, 0.3) is 0 Å². The molecule has 8 nitrogen and oxygen atoms in total. The van der Waals surface area contributed by atoms with Crippen molar-refractivity contribution in [2.45, 2.75) is 70.9 Å². The number of aromatic nitrogens is 1. The molecule has 39 heavy (non-hydrogen) atoms. The average molecular weight is 571 g/mol. The SMILES string of the molecule is CCC[C@@H]1CN(Cc2cc(C(c3ccc(C(C)=O)s3)C(C)(C)C(=O)O)ccc2C)S(=O)(=O)c2cccnc2O1. The molecule has 1 N–H and O–H groups in total. The van der Waals surface area contributed by atoms with Gasteiger partial charge in [-0.05, 0) is 75.1 Å². The summed E-state index contributed by atoms with van der Waals surface area (Å²) in [5, 5.41) is 10.1. The zero-order valence-electron chi connectivity index (χ0n) is 22.8. The number of carbonyl (C=O) groups excluding carboxylic acids is 1. The minimum atomic E-state index is -3.90. The second-order valence-corrected chi connectivity index (χ2v) is 13.6. The fourth-order valence-corrected chi connectivity index (χ4v) is 7.67. The van der Waals surface area contributed by atoms with Crippen LogP contribution in [-0.2, 0) is 21.4 Å². The molecule has 0 aliphatic carbocycles. The number of pyridine rings is 1. The van der Waals surface area contributed by atoms with E-state index in [0.717, 1.165) is 28.0 Å². The Bertz CT molecular complexity index is 1490. The molecule has 10 heteroatoms. The molecule has 2 aromatic heterocycles. The summed E-state index contributed by atoms with van der Waals surface area (Å²) in [5.74, 6) is -1.47. The van der Waals surface area contributed by atoms with Crippen LogP contribution in [0.15, 0.2) is 53.6 Å². The fourth-order valence-electron chi connectivity index (χ4n) is 4.93. The van der Waals surface area contributed by atoms with Crippen LogP contribution in [-0.4, -0.2) is 47.2 Å². The Kier molecular flexibility index (Phi) is 8.30. The van der Waals surface area contributed by atoms with Gasteiger partial charge >= 0.3 is 5.97 Å². The molecular weight excluding hydrogens is 536 g/mol. The number of thiophene rings is 1. The van der Waals surface area contributed by atoms with Gasteiger partial charge in [-0.1, -0.05) is 31.5 Å². The molecule has 208 valence electrons. The first-order valence-electron chi connectivity index (χ1n) is 12.9. The van der Waals surface area contributed by atoms with E-state index in [9.17, 15) is 23.1 Å². The molecule has 0 amide bonds. The molecule has 0 spiro atoms. The van der Waals surface area contributed by atoms with Crippen LogP contribution < -0.4 is 4.74 Å². The highest BCUT2D eigenvalue weighted by atomic mass is 32.2. The number of carboxylic acids is 1. The van der Waals surface area contributed by atoms with Gasteiger partial charge in [-0.3, -0.25) is 9.59 Å². The van der Waals surface area contributed by atoms with Crippen LogP contribution in [0.3, 0.4) is 0 Å². The first kappa shape index (κ1) is 28.9. The fraction of sp³-hybridized carbons (Fsp3) is 0.414. The lowest BCUT2D eigenvalue weighted by Crippen LogP contribution is -2.37. The number of ether oxygens (including phenoxy) is 1. The summed E-state index contributed by atoms with van der Waals surface area (Å²) in [6, 6.07) is 12.3. The summed E-state index contributed by atoms with van der Waals surface area (Å²) in [5.41, 5.74) is 1.22. The van der Waals surface area contributed by atoms with E-state index in [1.807, 2.05) is 38.1 Å². The Labute approximate surface area is 233 Å². The number of ketones is 1. The second-order valence-electron chi connectivity index (χ2n) is 10.5. The smallest absolute Gasteiger partial charge is 0.310 e. The lowest BCUT2D eigenvalue weighted by molar-refractivity contribution is -0.147. The number of aliphatic carboxylic acids is 1. The first-order chi connectivity index (χ1) is 18.4. The number of sulfonamides is 1. The van der Waals surface area contributed by atoms with Gasteiger partial charge in [0.1, 0.15) is 11.0 Å². The van der Waals surface area contributed by atoms with Crippen LogP contribution >= 0.6 is 11.3 Å². The van der Waals surface area contributed by atoms with Crippen molar-refractivity contribution in [3.05, 3.63) is 75.1 Å². The predicted molar refractivity (Wildman–Crippen MR) is 150 cm³/mol. The van der Waals surface area contributed by atoms with Gasteiger partial charge in [0.25, 0.3) is 0 Å². The number of hydrogen-bond acceptors (Lipinski definition) is 7. The molecule has 1 aromatic carbocycles. The van der Waals surface area contributed by atoms with Gasteiger partial charge in [0.2, 0.25) is 15.9 Å². The Balaban J connectivity index is 1.79. The maximum Gasteiger partial charge on any atom is 0.310 e. The summed E-state index contributed by atoms with van der Waals surface area (Å²) in [6.45, 7) is 9.03. The second kappa shape index (κ2) is 11.2. The summed E-state index contributed by atoms with van der Waals surface area (Å²) >= 11 is 1.29. The van der Waals surface area contributed by atoms with E-state index in [1.54, 1.807) is 26.0 Å². The van der Waals surface area contributed by atoms with Crippen LogP contribution in [0.2, 0.25) is 0 Å². The van der Waals surface area contributed by atoms with Crippen LogP contribution in [0.1, 0.15) is 77.7 Å². The van der Waals surface area contributed by atoms with Crippen molar-refractivity contribution in [3.63, 3.8) is 0 Å². The molecule has 3 aromatic rings. The van der Waals surface area contributed by atoms with Crippen molar-refractivity contribution >= 4 is 33.1 Å². The van der Waals surface area contributed by atoms with Crippen molar-refractivity contribution in [2.24, 2.45) is 5.41 Å². The van der Waals surface area contributed by atoms with Crippen LogP contribution in [0.5, 0.6) is 5.88 Å². The zero-order chi connectivity index (χ0) is 28.5. The monoisotopic (exact) mass is 570 g/mol. The van der Waals surface area contributed by atoms with E-state index in [1.165, 1.54) is 34.8 Å². The molecular formula is C29H34N2O6S2. The third-order valence-electron chi connectivity index (χ3n) is 7.23. The Morgan fingerprint density at radius 1 is 1.23 bits per heavy atom. The zero-order valence-corrected chi connectivity index (χ0v) is 24.4. The number of nitrogens with zero attached hydrogens (tertiary/aromatic N) is 2. The van der Waals surface area contributed by atoms with Gasteiger partial charge in [-0.25, -0.2) is 13.4 Å². The van der Waals surface area contributed by atoms with Crippen molar-refractivity contribution < 1.29 is 27.9 Å². The van der Waals surface area contributed by atoms with Gasteiger partial charge in [0.15, 0.2) is 5.78 Å². The molecule has 0 bridgehead atoms. The number of benzene rings is 1. The van der Waals surface area contributed by atoms with Crippen molar-refractivity contribution in [1.82, 2.24) is 9.29 Å². The molecule has 1 aliphatic rings. The number of carbonyl (C=O) groups is 2. The van der Waals surface area contributed by atoms with Crippen LogP contribution in [0.4, 0.5) is 0 Å². The number of aryl methyl sites for hydroxylation is 1. The maximum absolute atomic E-state index is 13.7. The Morgan fingerprint density at radius 2 is 1.97 bits per heavy atom. The van der Waals surface area contributed by atoms with Crippen molar-refractivity contribution in [2.75, 3.05) is 6.54 Å². The highest BCUT2D eigenvalue weighted by molar-refractivity contribution is 7.89. The van der Waals surface area contributed by atoms with E-state index >= 15 is 0 Å². The Morgan fingerprint density at radius 3 is 2.62 bits per heavy atom. The molecule has 0 saturated heterocycles. The van der Waals surface area contributed by atoms with E-state index in [2.05, 4.69) is 4.98 Å². The summed E-state index contributed by atoms with van der Waals surface area (Å²) in [7, 11) is -3.90. The van der Waals surface area contributed by atoms with Gasteiger partial charge in [0.05, 0.1) is 16.8 Å². The molecule has 1 aliphatic heterocycles. The van der Waals surface area contributed by atoms with Crippen molar-refractivity contribution in [1.29, 1.82) is 0 Å². The van der Waals surface area contributed by atoms with E-state index in [4.69, 9.17) is 4.74 Å². The predicted octanol–water partition coefficient (Wildman–Crippen LogP) is 5.65. The minimum absolute atomic E-state index is 0.0395. The van der Waals surface area contributed by atoms with E-state index in [-0.39, 0.29) is 35.8 Å². The van der Waals surface area contributed by atoms with Gasteiger partial charge in [-0.15, -0.1) is 11.3 Å². The molecule has 0 radical (unpaired) electrons. The lowest BCUT2D eigenvalue weighted by atomic mass is 9.73. The van der Waals surface area contributed by atoms with Gasteiger partial charge in [-0.2, -0.15) is 4.31 Å². The molecule has 4 rings (SSSR count). The first-order valence-corrected chi connectivity index (χ1v) is 15.2. The highest BCUT2D eigenvalue weighted by Gasteiger charge is 2.41. The normalized spacial score (nSPS) is 18.0. The minimum Gasteiger partial charge on any atom is -0.481 e. The van der Waals surface area contributed by atoms with E-state index < -0.39 is 27.3 Å². The lowest BCUT2D eigenvalue weighted by Gasteiger charge is -2.31. The quantitative estimate of drug-likeness (QED) is 0.331. The van der Waals surface area contributed by atoms with Crippen molar-refractivity contribution in [3.8, 4) is 5.88 Å². The van der Waals surface area contributed by atoms with E-state index in [0.29, 0.717) is 11.3 Å².